The van der Waals surface area contributed by atoms with Crippen LogP contribution in [-0.2, 0) is 0 Å². The van der Waals surface area contributed by atoms with Gasteiger partial charge in [-0.3, -0.25) is 0 Å². The highest BCUT2D eigenvalue weighted by atomic mass is 19.1. The third kappa shape index (κ3) is 2.36. The first-order valence-corrected chi connectivity index (χ1v) is 5.40. The minimum atomic E-state index is -1.30. The Hall–Kier alpha value is -1.69. The van der Waals surface area contributed by atoms with Gasteiger partial charge in [0.2, 0.25) is 0 Å². The van der Waals surface area contributed by atoms with Crippen molar-refractivity contribution in [2.24, 2.45) is 0 Å². The number of anilines is 1. The number of carboxylic acids is 1. The zero-order valence-corrected chi connectivity index (χ0v) is 9.14. The van der Waals surface area contributed by atoms with Crippen molar-refractivity contribution in [3.05, 3.63) is 23.6 Å². The number of carbonyl (C=O) groups is 1. The molecule has 2 N–H and O–H groups in total. The van der Waals surface area contributed by atoms with Crippen molar-refractivity contribution in [1.29, 1.82) is 0 Å². The number of aromatic nitrogens is 1. The van der Waals surface area contributed by atoms with Crippen LogP contribution < -0.4 is 4.90 Å². The van der Waals surface area contributed by atoms with Crippen LogP contribution in [0.5, 0.6) is 0 Å². The van der Waals surface area contributed by atoms with Crippen LogP contribution in [0.15, 0.2) is 12.3 Å². The number of aliphatic hydroxyl groups is 1. The molecule has 92 valence electrons. The van der Waals surface area contributed by atoms with Gasteiger partial charge in [-0.15, -0.1) is 0 Å². The summed E-state index contributed by atoms with van der Waals surface area (Å²) in [6.07, 6.45) is 2.00. The van der Waals surface area contributed by atoms with Gasteiger partial charge in [0.15, 0.2) is 11.6 Å². The van der Waals surface area contributed by atoms with Crippen molar-refractivity contribution in [2.75, 3.05) is 18.0 Å². The quantitative estimate of drug-likeness (QED) is 0.802. The van der Waals surface area contributed by atoms with Gasteiger partial charge < -0.3 is 15.1 Å². The summed E-state index contributed by atoms with van der Waals surface area (Å²) in [6, 6.07) is 1.14. The van der Waals surface area contributed by atoms with Crippen LogP contribution in [0.1, 0.15) is 23.2 Å². The monoisotopic (exact) mass is 240 g/mol. The van der Waals surface area contributed by atoms with E-state index in [1.165, 1.54) is 6.20 Å². The second-order valence-corrected chi connectivity index (χ2v) is 4.02. The van der Waals surface area contributed by atoms with Crippen molar-refractivity contribution in [3.63, 3.8) is 0 Å². The zero-order chi connectivity index (χ0) is 12.4. The Kier molecular flexibility index (Phi) is 3.23. The van der Waals surface area contributed by atoms with E-state index in [1.54, 1.807) is 4.90 Å². The van der Waals surface area contributed by atoms with Crippen LogP contribution in [0.2, 0.25) is 0 Å². The fraction of sp³-hybridized carbons (Fsp3) is 0.455. The minimum Gasteiger partial charge on any atom is -0.478 e. The second kappa shape index (κ2) is 4.67. The average Bonchev–Trinajstić information content (AvgIpc) is 2.30. The molecule has 17 heavy (non-hydrogen) atoms. The van der Waals surface area contributed by atoms with E-state index in [0.717, 1.165) is 6.07 Å². The molecule has 0 aromatic carbocycles. The summed E-state index contributed by atoms with van der Waals surface area (Å²) in [6.45, 7) is 0.961. The molecule has 2 heterocycles. The molecule has 6 heteroatoms. The lowest BCUT2D eigenvalue weighted by Crippen LogP contribution is -2.37. The maximum Gasteiger partial charge on any atom is 0.338 e. The summed E-state index contributed by atoms with van der Waals surface area (Å²) >= 11 is 0. The fourth-order valence-electron chi connectivity index (χ4n) is 1.90. The third-order valence-corrected chi connectivity index (χ3v) is 2.87. The SMILES string of the molecule is O=C(O)c1ccnc(N2CCC(O)CC2)c1F. The topological polar surface area (TPSA) is 73.7 Å². The normalized spacial score (nSPS) is 17.2. The number of piperidine rings is 1. The summed E-state index contributed by atoms with van der Waals surface area (Å²) in [5.41, 5.74) is -0.374. The lowest BCUT2D eigenvalue weighted by molar-refractivity contribution is 0.0691. The molecular formula is C11H13FN2O3. The van der Waals surface area contributed by atoms with Crippen molar-refractivity contribution >= 4 is 11.8 Å². The van der Waals surface area contributed by atoms with E-state index in [-0.39, 0.29) is 17.5 Å². The van der Waals surface area contributed by atoms with E-state index >= 15 is 0 Å². The molecule has 1 aliphatic rings. The van der Waals surface area contributed by atoms with E-state index in [0.29, 0.717) is 25.9 Å². The van der Waals surface area contributed by atoms with Gasteiger partial charge in [-0.1, -0.05) is 0 Å². The van der Waals surface area contributed by atoms with Crippen LogP contribution in [0.4, 0.5) is 10.2 Å². The molecule has 1 aliphatic heterocycles. The van der Waals surface area contributed by atoms with Gasteiger partial charge in [-0.25, -0.2) is 14.2 Å². The van der Waals surface area contributed by atoms with E-state index in [2.05, 4.69) is 4.98 Å². The number of aromatic carboxylic acids is 1. The van der Waals surface area contributed by atoms with E-state index < -0.39 is 11.8 Å². The fourth-order valence-corrected chi connectivity index (χ4v) is 1.90. The summed E-state index contributed by atoms with van der Waals surface area (Å²) < 4.78 is 13.9. The van der Waals surface area contributed by atoms with Gasteiger partial charge in [0.25, 0.3) is 0 Å². The van der Waals surface area contributed by atoms with Crippen molar-refractivity contribution in [1.82, 2.24) is 4.98 Å². The number of nitrogens with zero attached hydrogens (tertiary/aromatic N) is 2. The molecule has 0 bridgehead atoms. The van der Waals surface area contributed by atoms with E-state index in [9.17, 15) is 14.3 Å². The standard InChI is InChI=1S/C11H13FN2O3/c12-9-8(11(16)17)1-4-13-10(9)14-5-2-7(15)3-6-14/h1,4,7,15H,2-3,5-6H2,(H,16,17). The molecule has 1 fully saturated rings. The number of pyridine rings is 1. The van der Waals surface area contributed by atoms with E-state index in [1.807, 2.05) is 0 Å². The maximum absolute atomic E-state index is 13.9. The van der Waals surface area contributed by atoms with Crippen LogP contribution in [-0.4, -0.2) is 40.4 Å². The molecule has 2 rings (SSSR count). The minimum absolute atomic E-state index is 0.0526. The van der Waals surface area contributed by atoms with Crippen molar-refractivity contribution < 1.29 is 19.4 Å². The highest BCUT2D eigenvalue weighted by Crippen LogP contribution is 2.23. The first-order valence-electron chi connectivity index (χ1n) is 5.40. The highest BCUT2D eigenvalue weighted by Gasteiger charge is 2.23. The molecule has 0 saturated carbocycles. The van der Waals surface area contributed by atoms with E-state index in [4.69, 9.17) is 5.11 Å². The molecule has 0 unspecified atom stereocenters. The summed E-state index contributed by atoms with van der Waals surface area (Å²) in [5.74, 6) is -2.06. The number of carboxylic acid groups (broad SMARTS) is 1. The predicted octanol–water partition coefficient (Wildman–Crippen LogP) is 0.880. The molecule has 0 atom stereocenters. The predicted molar refractivity (Wildman–Crippen MR) is 58.6 cm³/mol. The lowest BCUT2D eigenvalue weighted by Gasteiger charge is -2.30. The summed E-state index contributed by atoms with van der Waals surface area (Å²) in [7, 11) is 0. The van der Waals surface area contributed by atoms with Crippen LogP contribution in [0, 0.1) is 5.82 Å². The Balaban J connectivity index is 2.27. The smallest absolute Gasteiger partial charge is 0.338 e. The molecule has 0 spiro atoms. The molecule has 0 aliphatic carbocycles. The molecule has 5 nitrogen and oxygen atoms in total. The van der Waals surface area contributed by atoms with Crippen LogP contribution in [0.25, 0.3) is 0 Å². The summed E-state index contributed by atoms with van der Waals surface area (Å²) in [5, 5.41) is 18.2. The largest absolute Gasteiger partial charge is 0.478 e. The van der Waals surface area contributed by atoms with Gasteiger partial charge in [0.05, 0.1) is 6.10 Å². The van der Waals surface area contributed by atoms with Gasteiger partial charge in [-0.05, 0) is 18.9 Å². The first kappa shape index (κ1) is 11.8. The number of hydrogen-bond acceptors (Lipinski definition) is 4. The number of aliphatic hydroxyl groups excluding tert-OH is 1. The van der Waals surface area contributed by atoms with Crippen molar-refractivity contribution in [2.45, 2.75) is 18.9 Å². The van der Waals surface area contributed by atoms with Crippen LogP contribution >= 0.6 is 0 Å². The number of rotatable bonds is 2. The molecule has 1 saturated heterocycles. The van der Waals surface area contributed by atoms with Gasteiger partial charge in [-0.2, -0.15) is 0 Å². The Morgan fingerprint density at radius 2 is 2.12 bits per heavy atom. The average molecular weight is 240 g/mol. The zero-order valence-electron chi connectivity index (χ0n) is 9.14. The Morgan fingerprint density at radius 1 is 1.47 bits per heavy atom. The molecule has 0 amide bonds. The maximum atomic E-state index is 13.9. The Morgan fingerprint density at radius 3 is 2.71 bits per heavy atom. The van der Waals surface area contributed by atoms with Gasteiger partial charge in [0.1, 0.15) is 5.56 Å². The highest BCUT2D eigenvalue weighted by molar-refractivity contribution is 5.88. The molecular weight excluding hydrogens is 227 g/mol. The Labute approximate surface area is 97.5 Å². The molecule has 1 aromatic rings. The van der Waals surface area contributed by atoms with Crippen molar-refractivity contribution in [3.8, 4) is 0 Å². The number of hydrogen-bond donors (Lipinski definition) is 2. The molecule has 1 aromatic heterocycles. The second-order valence-electron chi connectivity index (χ2n) is 4.02. The van der Waals surface area contributed by atoms with Gasteiger partial charge in [0, 0.05) is 19.3 Å². The lowest BCUT2D eigenvalue weighted by atomic mass is 10.1. The summed E-state index contributed by atoms with van der Waals surface area (Å²) in [4.78, 5) is 16.3. The van der Waals surface area contributed by atoms with Crippen LogP contribution in [0.3, 0.4) is 0 Å². The molecule has 0 radical (unpaired) electrons. The first-order chi connectivity index (χ1) is 8.09. The number of halogens is 1. The van der Waals surface area contributed by atoms with Gasteiger partial charge >= 0.3 is 5.97 Å². The third-order valence-electron chi connectivity index (χ3n) is 2.87. The Bertz CT molecular complexity index is 431.